The fraction of sp³-hybridized carbons (Fsp3) is 0. The van der Waals surface area contributed by atoms with Crippen LogP contribution in [0.25, 0.3) is 0 Å². The van der Waals surface area contributed by atoms with Crippen molar-refractivity contribution in [3.8, 4) is 0 Å². The Labute approximate surface area is 48.4 Å². The molecule has 0 spiro atoms. The van der Waals surface area contributed by atoms with Gasteiger partial charge < -0.3 is 4.55 Å². The second-order valence-corrected chi connectivity index (χ2v) is 3.24. The van der Waals surface area contributed by atoms with Crippen LogP contribution in [0.2, 0.25) is 0 Å². The molecule has 0 saturated heterocycles. The third-order valence-corrected chi connectivity index (χ3v) is 1.86. The highest BCUT2D eigenvalue weighted by atomic mass is 32.2. The van der Waals surface area contributed by atoms with E-state index in [4.69, 9.17) is 4.55 Å². The summed E-state index contributed by atoms with van der Waals surface area (Å²) in [6.45, 7) is 0. The lowest BCUT2D eigenvalue weighted by molar-refractivity contribution is 0.570. The molecule has 3 heteroatoms. The van der Waals surface area contributed by atoms with Crippen LogP contribution in [0.1, 0.15) is 0 Å². The molecule has 0 aromatic heterocycles. The molecule has 1 rings (SSSR count). The number of hydrogen-bond acceptors (Lipinski definition) is 1. The SMILES string of the molecule is O=S1(O)=CC=CC=C1. The summed E-state index contributed by atoms with van der Waals surface area (Å²) in [4.78, 5) is 0. The van der Waals surface area contributed by atoms with Crippen LogP contribution in [0, 0.1) is 0 Å². The standard InChI is InChI=1S/C5H6O2S/c6-8(7)4-2-1-3-5-8/h1-5H,(H,6,7). The Morgan fingerprint density at radius 3 is 2.25 bits per heavy atom. The summed E-state index contributed by atoms with van der Waals surface area (Å²) < 4.78 is 19.3. The van der Waals surface area contributed by atoms with Gasteiger partial charge >= 0.3 is 0 Å². The summed E-state index contributed by atoms with van der Waals surface area (Å²) in [6, 6.07) is 0. The van der Waals surface area contributed by atoms with Gasteiger partial charge in [-0.05, 0) is 0 Å². The van der Waals surface area contributed by atoms with Crippen molar-refractivity contribution in [2.45, 2.75) is 0 Å². The van der Waals surface area contributed by atoms with Crippen molar-refractivity contribution >= 4 is 15.2 Å². The Hall–Kier alpha value is -0.540. The van der Waals surface area contributed by atoms with Gasteiger partial charge in [0.25, 0.3) is 0 Å². The molecule has 2 nitrogen and oxygen atoms in total. The average molecular weight is 130 g/mol. The van der Waals surface area contributed by atoms with Crippen molar-refractivity contribution < 1.29 is 8.76 Å². The van der Waals surface area contributed by atoms with Crippen LogP contribution in [0.5, 0.6) is 0 Å². The van der Waals surface area contributed by atoms with E-state index in [0.717, 1.165) is 0 Å². The predicted molar refractivity (Wildman–Crippen MR) is 35.1 cm³/mol. The van der Waals surface area contributed by atoms with Gasteiger partial charge in [0.2, 0.25) is 0 Å². The zero-order chi connectivity index (χ0) is 6.04. The highest BCUT2D eigenvalue weighted by Gasteiger charge is 1.92. The fourth-order valence-corrected chi connectivity index (χ4v) is 1.15. The summed E-state index contributed by atoms with van der Waals surface area (Å²) >= 11 is 0. The molecule has 0 bridgehead atoms. The van der Waals surface area contributed by atoms with Gasteiger partial charge in [0.1, 0.15) is 9.80 Å². The Kier molecular flexibility index (Phi) is 1.23. The highest BCUT2D eigenvalue weighted by Crippen LogP contribution is 1.93. The van der Waals surface area contributed by atoms with E-state index in [1.54, 1.807) is 18.2 Å². The highest BCUT2D eigenvalue weighted by molar-refractivity contribution is 7.99. The Bertz CT molecular complexity index is 241. The topological polar surface area (TPSA) is 37.3 Å². The summed E-state index contributed by atoms with van der Waals surface area (Å²) in [7, 11) is -2.73. The monoisotopic (exact) mass is 130 g/mol. The molecule has 1 atom stereocenters. The lowest BCUT2D eigenvalue weighted by Gasteiger charge is -1.93. The maximum absolute atomic E-state index is 10.6. The van der Waals surface area contributed by atoms with Gasteiger partial charge in [-0.2, -0.15) is 0 Å². The molecule has 44 valence electrons. The first-order valence-electron chi connectivity index (χ1n) is 2.15. The normalized spacial score (nSPS) is 34.6. The zero-order valence-electron chi connectivity index (χ0n) is 4.15. The second kappa shape index (κ2) is 1.76. The van der Waals surface area contributed by atoms with Gasteiger partial charge in [0, 0.05) is 10.8 Å². The quantitative estimate of drug-likeness (QED) is 0.488. The van der Waals surface area contributed by atoms with Crippen LogP contribution < -0.4 is 0 Å². The van der Waals surface area contributed by atoms with Gasteiger partial charge in [0.15, 0.2) is 0 Å². The largest absolute Gasteiger partial charge is 0.310 e. The smallest absolute Gasteiger partial charge is 0.104 e. The first-order valence-corrected chi connectivity index (χ1v) is 3.80. The van der Waals surface area contributed by atoms with E-state index in [9.17, 15) is 4.21 Å². The van der Waals surface area contributed by atoms with E-state index in [1.165, 1.54) is 10.8 Å². The second-order valence-electron chi connectivity index (χ2n) is 1.46. The molecular formula is C5H6O2S. The maximum atomic E-state index is 10.6. The minimum absolute atomic E-state index is 1.27. The molecule has 8 heavy (non-hydrogen) atoms. The van der Waals surface area contributed by atoms with Crippen molar-refractivity contribution in [3.63, 3.8) is 0 Å². The van der Waals surface area contributed by atoms with Crippen LogP contribution in [-0.4, -0.2) is 14.1 Å². The van der Waals surface area contributed by atoms with Crippen LogP contribution >= 0.6 is 0 Å². The third kappa shape index (κ3) is 1.21. The van der Waals surface area contributed by atoms with E-state index in [1.807, 2.05) is 0 Å². The number of allylic oxidation sites excluding steroid dienone is 3. The minimum atomic E-state index is -2.73. The summed E-state index contributed by atoms with van der Waals surface area (Å²) in [5.41, 5.74) is 0. The molecule has 0 fully saturated rings. The molecule has 0 amide bonds. The van der Waals surface area contributed by atoms with Crippen molar-refractivity contribution in [2.24, 2.45) is 0 Å². The van der Waals surface area contributed by atoms with Crippen molar-refractivity contribution in [3.05, 3.63) is 23.6 Å². The molecule has 1 aliphatic heterocycles. The molecule has 0 aromatic carbocycles. The van der Waals surface area contributed by atoms with Gasteiger partial charge in [-0.1, -0.05) is 18.2 Å². The lowest BCUT2D eigenvalue weighted by atomic mass is 10.5. The van der Waals surface area contributed by atoms with E-state index < -0.39 is 9.80 Å². The molecular weight excluding hydrogens is 124 g/mol. The van der Waals surface area contributed by atoms with E-state index in [0.29, 0.717) is 0 Å². The summed E-state index contributed by atoms with van der Waals surface area (Å²) in [6.07, 6.45) is 4.82. The molecule has 1 heterocycles. The Morgan fingerprint density at radius 2 is 2.00 bits per heavy atom. The minimum Gasteiger partial charge on any atom is -0.310 e. The molecule has 1 aliphatic rings. The van der Waals surface area contributed by atoms with Gasteiger partial charge in [-0.15, -0.1) is 0 Å². The van der Waals surface area contributed by atoms with Crippen LogP contribution in [0.4, 0.5) is 0 Å². The average Bonchev–Trinajstić information content (AvgIpc) is 1.65. The van der Waals surface area contributed by atoms with Crippen molar-refractivity contribution in [1.29, 1.82) is 0 Å². The number of hydrogen-bond donors (Lipinski definition) is 1. The molecule has 0 radical (unpaired) electrons. The fourth-order valence-electron chi connectivity index (χ4n) is 0.425. The molecule has 1 N–H and O–H groups in total. The third-order valence-electron chi connectivity index (χ3n) is 0.769. The molecule has 1 unspecified atom stereocenters. The predicted octanol–water partition coefficient (Wildman–Crippen LogP) is 0.630. The first-order chi connectivity index (χ1) is 3.71. The van der Waals surface area contributed by atoms with E-state index >= 15 is 0 Å². The summed E-state index contributed by atoms with van der Waals surface area (Å²) in [5.74, 6) is 0. The van der Waals surface area contributed by atoms with Crippen LogP contribution in [0.15, 0.2) is 23.6 Å². The van der Waals surface area contributed by atoms with Gasteiger partial charge in [-0.25, -0.2) is 4.21 Å². The van der Waals surface area contributed by atoms with Gasteiger partial charge in [-0.3, -0.25) is 0 Å². The van der Waals surface area contributed by atoms with Crippen LogP contribution in [-0.2, 0) is 9.80 Å². The van der Waals surface area contributed by atoms with Crippen molar-refractivity contribution in [1.82, 2.24) is 0 Å². The molecule has 0 aliphatic carbocycles. The van der Waals surface area contributed by atoms with Crippen molar-refractivity contribution in [2.75, 3.05) is 0 Å². The van der Waals surface area contributed by atoms with E-state index in [-0.39, 0.29) is 0 Å². The van der Waals surface area contributed by atoms with Crippen LogP contribution in [0.3, 0.4) is 0 Å². The molecule has 0 saturated carbocycles. The van der Waals surface area contributed by atoms with Gasteiger partial charge in [0.05, 0.1) is 0 Å². The summed E-state index contributed by atoms with van der Waals surface area (Å²) in [5, 5.41) is 2.54. The maximum Gasteiger partial charge on any atom is 0.104 e. The van der Waals surface area contributed by atoms with E-state index in [2.05, 4.69) is 0 Å². The molecule has 0 aromatic rings. The Balaban J connectivity index is 3.20. The first kappa shape index (κ1) is 5.59. The lowest BCUT2D eigenvalue weighted by Crippen LogP contribution is -1.96. The number of rotatable bonds is 0. The zero-order valence-corrected chi connectivity index (χ0v) is 4.97. The Morgan fingerprint density at radius 1 is 1.25 bits per heavy atom.